The first-order chi connectivity index (χ1) is 12.1. The number of nitrogens with zero attached hydrogens (tertiary/aromatic N) is 3. The largest absolute Gasteiger partial charge is 0.350 e. The lowest BCUT2D eigenvalue weighted by Gasteiger charge is -2.24. The molecule has 6 nitrogen and oxygen atoms in total. The van der Waals surface area contributed by atoms with E-state index < -0.39 is 0 Å². The van der Waals surface area contributed by atoms with Crippen LogP contribution < -0.4 is 5.32 Å². The van der Waals surface area contributed by atoms with Crippen LogP contribution in [0, 0.1) is 12.7 Å². The van der Waals surface area contributed by atoms with Crippen molar-refractivity contribution in [2.24, 2.45) is 0 Å². The zero-order chi connectivity index (χ0) is 17.4. The molecule has 25 heavy (non-hydrogen) atoms. The molecule has 3 heterocycles. The number of nitrogens with one attached hydrogen (secondary N) is 1. The third-order valence-electron chi connectivity index (χ3n) is 4.30. The molecule has 0 saturated carbocycles. The predicted octanol–water partition coefficient (Wildman–Crippen LogP) is 2.73. The van der Waals surface area contributed by atoms with Crippen LogP contribution in [0.2, 0.25) is 0 Å². The SMILES string of the molecule is Cc1cn2c(n1)CC[C@@H](NC(=O)c1cc(-c3cccc(F)c3)no1)C2. The number of halogens is 1. The van der Waals surface area contributed by atoms with Crippen LogP contribution in [-0.2, 0) is 13.0 Å². The number of fused-ring (bicyclic) bond motifs is 1. The summed E-state index contributed by atoms with van der Waals surface area (Å²) in [6, 6.07) is 7.55. The third kappa shape index (κ3) is 3.17. The second-order valence-electron chi connectivity index (χ2n) is 6.25. The second kappa shape index (κ2) is 6.16. The molecule has 0 saturated heterocycles. The molecular weight excluding hydrogens is 323 g/mol. The first-order valence-corrected chi connectivity index (χ1v) is 8.14. The molecule has 1 atom stereocenters. The molecule has 4 rings (SSSR count). The minimum atomic E-state index is -0.361. The number of carbonyl (C=O) groups is 1. The molecule has 0 fully saturated rings. The van der Waals surface area contributed by atoms with E-state index in [0.717, 1.165) is 24.4 Å². The summed E-state index contributed by atoms with van der Waals surface area (Å²) in [6.07, 6.45) is 3.64. The predicted molar refractivity (Wildman–Crippen MR) is 88.4 cm³/mol. The van der Waals surface area contributed by atoms with Gasteiger partial charge in [0.15, 0.2) is 0 Å². The van der Waals surface area contributed by atoms with Gasteiger partial charge in [-0.1, -0.05) is 17.3 Å². The average Bonchev–Trinajstić information content (AvgIpc) is 3.20. The molecule has 0 radical (unpaired) electrons. The highest BCUT2D eigenvalue weighted by molar-refractivity contribution is 5.92. The number of benzene rings is 1. The van der Waals surface area contributed by atoms with Crippen molar-refractivity contribution in [3.8, 4) is 11.3 Å². The fourth-order valence-electron chi connectivity index (χ4n) is 3.13. The van der Waals surface area contributed by atoms with Gasteiger partial charge in [0.05, 0.1) is 5.69 Å². The van der Waals surface area contributed by atoms with E-state index in [1.54, 1.807) is 12.1 Å². The third-order valence-corrected chi connectivity index (χ3v) is 4.30. The maximum Gasteiger partial charge on any atom is 0.290 e. The summed E-state index contributed by atoms with van der Waals surface area (Å²) in [7, 11) is 0. The van der Waals surface area contributed by atoms with Gasteiger partial charge < -0.3 is 14.4 Å². The molecular formula is C18H17FN4O2. The molecule has 0 spiro atoms. The Hall–Kier alpha value is -2.96. The first kappa shape index (κ1) is 15.6. The number of aromatic nitrogens is 3. The van der Waals surface area contributed by atoms with Crippen molar-refractivity contribution in [3.63, 3.8) is 0 Å². The Bertz CT molecular complexity index is 931. The van der Waals surface area contributed by atoms with Gasteiger partial charge >= 0.3 is 0 Å². The van der Waals surface area contributed by atoms with Crippen LogP contribution in [0.5, 0.6) is 0 Å². The molecule has 0 aliphatic carbocycles. The van der Waals surface area contributed by atoms with Crippen LogP contribution in [0.15, 0.2) is 41.1 Å². The van der Waals surface area contributed by atoms with Gasteiger partial charge in [-0.2, -0.15) is 0 Å². The Morgan fingerprint density at radius 1 is 1.40 bits per heavy atom. The lowest BCUT2D eigenvalue weighted by atomic mass is 10.1. The molecule has 2 aromatic heterocycles. The van der Waals surface area contributed by atoms with E-state index in [9.17, 15) is 9.18 Å². The Morgan fingerprint density at radius 3 is 3.12 bits per heavy atom. The summed E-state index contributed by atoms with van der Waals surface area (Å²) in [4.78, 5) is 16.9. The van der Waals surface area contributed by atoms with Gasteiger partial charge in [0, 0.05) is 36.8 Å². The Morgan fingerprint density at radius 2 is 2.28 bits per heavy atom. The fraction of sp³-hybridized carbons (Fsp3) is 0.278. The van der Waals surface area contributed by atoms with Crippen molar-refractivity contribution in [1.29, 1.82) is 0 Å². The van der Waals surface area contributed by atoms with Gasteiger partial charge in [-0.25, -0.2) is 9.37 Å². The summed E-state index contributed by atoms with van der Waals surface area (Å²) in [5, 5.41) is 6.83. The van der Waals surface area contributed by atoms with Crippen molar-refractivity contribution in [2.75, 3.05) is 0 Å². The molecule has 0 unspecified atom stereocenters. The number of aryl methyl sites for hydroxylation is 2. The molecule has 1 aliphatic heterocycles. The lowest BCUT2D eigenvalue weighted by Crippen LogP contribution is -2.40. The van der Waals surface area contributed by atoms with E-state index in [4.69, 9.17) is 4.52 Å². The summed E-state index contributed by atoms with van der Waals surface area (Å²) < 4.78 is 20.5. The molecule has 1 aliphatic rings. The van der Waals surface area contributed by atoms with Gasteiger partial charge in [0.25, 0.3) is 5.91 Å². The molecule has 1 aromatic carbocycles. The van der Waals surface area contributed by atoms with Crippen molar-refractivity contribution in [3.05, 3.63) is 59.6 Å². The van der Waals surface area contributed by atoms with E-state index >= 15 is 0 Å². The second-order valence-corrected chi connectivity index (χ2v) is 6.25. The molecule has 128 valence electrons. The highest BCUT2D eigenvalue weighted by atomic mass is 19.1. The molecule has 1 amide bonds. The summed E-state index contributed by atoms with van der Waals surface area (Å²) in [6.45, 7) is 2.65. The summed E-state index contributed by atoms with van der Waals surface area (Å²) in [5.74, 6) is 0.489. The zero-order valence-electron chi connectivity index (χ0n) is 13.7. The quantitative estimate of drug-likeness (QED) is 0.796. The molecule has 7 heteroatoms. The number of hydrogen-bond acceptors (Lipinski definition) is 4. The monoisotopic (exact) mass is 340 g/mol. The number of amides is 1. The van der Waals surface area contributed by atoms with Crippen LogP contribution in [0.25, 0.3) is 11.3 Å². The minimum absolute atomic E-state index is 0.0105. The lowest BCUT2D eigenvalue weighted by molar-refractivity contribution is 0.0890. The van der Waals surface area contributed by atoms with Crippen LogP contribution in [0.3, 0.4) is 0 Å². The number of carbonyl (C=O) groups excluding carboxylic acids is 1. The molecule has 1 N–H and O–H groups in total. The van der Waals surface area contributed by atoms with E-state index in [1.165, 1.54) is 18.2 Å². The van der Waals surface area contributed by atoms with Gasteiger partial charge in [-0.3, -0.25) is 4.79 Å². The Labute approximate surface area is 143 Å². The molecule has 0 bridgehead atoms. The van der Waals surface area contributed by atoms with Gasteiger partial charge in [-0.15, -0.1) is 0 Å². The number of imidazole rings is 1. The fourth-order valence-corrected chi connectivity index (χ4v) is 3.13. The van der Waals surface area contributed by atoms with Crippen molar-refractivity contribution in [1.82, 2.24) is 20.0 Å². The Balaban J connectivity index is 1.45. The van der Waals surface area contributed by atoms with Crippen molar-refractivity contribution in [2.45, 2.75) is 32.4 Å². The zero-order valence-corrected chi connectivity index (χ0v) is 13.7. The Kier molecular flexibility index (Phi) is 3.83. The summed E-state index contributed by atoms with van der Waals surface area (Å²) in [5.41, 5.74) is 1.98. The van der Waals surface area contributed by atoms with Crippen molar-refractivity contribution >= 4 is 5.91 Å². The first-order valence-electron chi connectivity index (χ1n) is 8.14. The minimum Gasteiger partial charge on any atom is -0.350 e. The van der Waals surface area contributed by atoms with Crippen LogP contribution in [0.1, 0.15) is 28.5 Å². The van der Waals surface area contributed by atoms with E-state index in [0.29, 0.717) is 17.8 Å². The summed E-state index contributed by atoms with van der Waals surface area (Å²) >= 11 is 0. The average molecular weight is 340 g/mol. The van der Waals surface area contributed by atoms with Crippen molar-refractivity contribution < 1.29 is 13.7 Å². The topological polar surface area (TPSA) is 73.0 Å². The maximum absolute atomic E-state index is 13.3. The van der Waals surface area contributed by atoms with Crippen LogP contribution >= 0.6 is 0 Å². The number of rotatable bonds is 3. The van der Waals surface area contributed by atoms with E-state index in [2.05, 4.69) is 20.0 Å². The van der Waals surface area contributed by atoms with Gasteiger partial charge in [0.2, 0.25) is 5.76 Å². The number of hydrogen-bond donors (Lipinski definition) is 1. The maximum atomic E-state index is 13.3. The smallest absolute Gasteiger partial charge is 0.290 e. The van der Waals surface area contributed by atoms with E-state index in [1.807, 2.05) is 13.1 Å². The standard InChI is InChI=1S/C18H17FN4O2/c1-11-9-23-10-14(5-6-17(23)20-11)21-18(24)16-8-15(22-25-16)12-3-2-4-13(19)7-12/h2-4,7-9,14H,5-6,10H2,1H3,(H,21,24)/t14-/m1/s1. The van der Waals surface area contributed by atoms with Crippen LogP contribution in [0.4, 0.5) is 4.39 Å². The van der Waals surface area contributed by atoms with Crippen LogP contribution in [-0.4, -0.2) is 26.7 Å². The molecule has 3 aromatic rings. The highest BCUT2D eigenvalue weighted by Crippen LogP contribution is 2.20. The highest BCUT2D eigenvalue weighted by Gasteiger charge is 2.23. The van der Waals surface area contributed by atoms with Gasteiger partial charge in [-0.05, 0) is 25.5 Å². The van der Waals surface area contributed by atoms with E-state index in [-0.39, 0.29) is 23.5 Å². The van der Waals surface area contributed by atoms with Gasteiger partial charge in [0.1, 0.15) is 17.3 Å². The normalized spacial score (nSPS) is 16.5.